The van der Waals surface area contributed by atoms with Gasteiger partial charge in [0.25, 0.3) is 5.91 Å². The SMILES string of the molecule is CC1(C)CCCC(NC(=O)c2ccc(Br)cc2N)C1. The maximum Gasteiger partial charge on any atom is 0.253 e. The third kappa shape index (κ3) is 3.72. The molecule has 2 rings (SSSR count). The highest BCUT2D eigenvalue weighted by Crippen LogP contribution is 2.35. The highest BCUT2D eigenvalue weighted by molar-refractivity contribution is 9.10. The summed E-state index contributed by atoms with van der Waals surface area (Å²) in [7, 11) is 0. The van der Waals surface area contributed by atoms with Gasteiger partial charge in [0.15, 0.2) is 0 Å². The summed E-state index contributed by atoms with van der Waals surface area (Å²) >= 11 is 3.35. The smallest absolute Gasteiger partial charge is 0.253 e. The molecule has 1 aliphatic rings. The van der Waals surface area contributed by atoms with Crippen molar-refractivity contribution in [2.24, 2.45) is 5.41 Å². The predicted molar refractivity (Wildman–Crippen MR) is 82.1 cm³/mol. The third-order valence-corrected chi connectivity index (χ3v) is 4.29. The van der Waals surface area contributed by atoms with Crippen molar-refractivity contribution in [3.05, 3.63) is 28.2 Å². The molecule has 1 amide bonds. The van der Waals surface area contributed by atoms with Crippen molar-refractivity contribution >= 4 is 27.5 Å². The molecule has 1 aliphatic carbocycles. The lowest BCUT2D eigenvalue weighted by Gasteiger charge is -2.35. The van der Waals surface area contributed by atoms with Crippen LogP contribution in [0.5, 0.6) is 0 Å². The van der Waals surface area contributed by atoms with Crippen molar-refractivity contribution in [3.8, 4) is 0 Å². The number of nitrogens with one attached hydrogen (secondary N) is 1. The Labute approximate surface area is 123 Å². The predicted octanol–water partition coefficient (Wildman–Crippen LogP) is 3.73. The number of amides is 1. The fourth-order valence-electron chi connectivity index (χ4n) is 2.82. The molecule has 104 valence electrons. The molecule has 1 aromatic rings. The van der Waals surface area contributed by atoms with Crippen LogP contribution in [0.2, 0.25) is 0 Å². The number of nitrogens with two attached hydrogens (primary N) is 1. The Morgan fingerprint density at radius 1 is 1.47 bits per heavy atom. The Kier molecular flexibility index (Phi) is 4.19. The van der Waals surface area contributed by atoms with E-state index in [-0.39, 0.29) is 11.9 Å². The molecule has 0 spiro atoms. The minimum Gasteiger partial charge on any atom is -0.398 e. The van der Waals surface area contributed by atoms with Crippen LogP contribution in [0.4, 0.5) is 5.69 Å². The normalized spacial score (nSPS) is 21.9. The van der Waals surface area contributed by atoms with E-state index >= 15 is 0 Å². The van der Waals surface area contributed by atoms with E-state index in [0.717, 1.165) is 17.3 Å². The van der Waals surface area contributed by atoms with Crippen molar-refractivity contribution in [3.63, 3.8) is 0 Å². The molecule has 19 heavy (non-hydrogen) atoms. The van der Waals surface area contributed by atoms with Crippen LogP contribution in [-0.2, 0) is 0 Å². The third-order valence-electron chi connectivity index (χ3n) is 3.80. The topological polar surface area (TPSA) is 55.1 Å². The maximum absolute atomic E-state index is 12.2. The average Bonchev–Trinajstić information content (AvgIpc) is 2.27. The molecule has 3 nitrogen and oxygen atoms in total. The molecule has 0 heterocycles. The lowest BCUT2D eigenvalue weighted by atomic mass is 9.75. The van der Waals surface area contributed by atoms with E-state index in [9.17, 15) is 4.79 Å². The molecule has 0 radical (unpaired) electrons. The zero-order valence-corrected chi connectivity index (χ0v) is 13.1. The fourth-order valence-corrected chi connectivity index (χ4v) is 3.20. The summed E-state index contributed by atoms with van der Waals surface area (Å²) in [5.74, 6) is -0.0623. The first kappa shape index (κ1) is 14.4. The summed E-state index contributed by atoms with van der Waals surface area (Å²) in [6.45, 7) is 4.53. The van der Waals surface area contributed by atoms with Crippen molar-refractivity contribution in [1.82, 2.24) is 5.32 Å². The summed E-state index contributed by atoms with van der Waals surface area (Å²) in [5, 5.41) is 3.12. The second-order valence-electron chi connectivity index (χ2n) is 6.16. The van der Waals surface area contributed by atoms with Crippen LogP contribution >= 0.6 is 15.9 Å². The lowest BCUT2D eigenvalue weighted by Crippen LogP contribution is -2.40. The van der Waals surface area contributed by atoms with Crippen LogP contribution in [0, 0.1) is 5.41 Å². The van der Waals surface area contributed by atoms with Crippen molar-refractivity contribution < 1.29 is 4.79 Å². The molecule has 1 fully saturated rings. The summed E-state index contributed by atoms with van der Waals surface area (Å²) in [6, 6.07) is 5.64. The van der Waals surface area contributed by atoms with Crippen molar-refractivity contribution in [2.45, 2.75) is 45.6 Å². The number of carbonyl (C=O) groups excluding carboxylic acids is 1. The first-order valence-corrected chi connectivity index (χ1v) is 7.53. The molecule has 0 bridgehead atoms. The molecule has 1 aromatic carbocycles. The number of nitrogen functional groups attached to an aromatic ring is 1. The maximum atomic E-state index is 12.2. The van der Waals surface area contributed by atoms with Crippen molar-refractivity contribution in [1.29, 1.82) is 0 Å². The molecule has 3 N–H and O–H groups in total. The number of rotatable bonds is 2. The largest absolute Gasteiger partial charge is 0.398 e. The van der Waals surface area contributed by atoms with Gasteiger partial charge in [-0.05, 0) is 42.9 Å². The van der Waals surface area contributed by atoms with Gasteiger partial charge in [-0.3, -0.25) is 4.79 Å². The average molecular weight is 325 g/mol. The second-order valence-corrected chi connectivity index (χ2v) is 7.08. The molecular formula is C15H21BrN2O. The van der Waals surface area contributed by atoms with Gasteiger partial charge in [0.05, 0.1) is 5.56 Å². The van der Waals surface area contributed by atoms with E-state index in [4.69, 9.17) is 5.73 Å². The van der Waals surface area contributed by atoms with Crippen LogP contribution in [0.25, 0.3) is 0 Å². The van der Waals surface area contributed by atoms with Crippen LogP contribution in [0.15, 0.2) is 22.7 Å². The van der Waals surface area contributed by atoms with Crippen LogP contribution in [-0.4, -0.2) is 11.9 Å². The van der Waals surface area contributed by atoms with Crippen LogP contribution in [0.3, 0.4) is 0 Å². The summed E-state index contributed by atoms with van der Waals surface area (Å²) in [5.41, 5.74) is 7.29. The Hall–Kier alpha value is -1.03. The van der Waals surface area contributed by atoms with E-state index in [2.05, 4.69) is 35.1 Å². The first-order chi connectivity index (χ1) is 8.87. The van der Waals surface area contributed by atoms with Gasteiger partial charge in [-0.1, -0.05) is 36.2 Å². The van der Waals surface area contributed by atoms with Gasteiger partial charge < -0.3 is 11.1 Å². The number of hydrogen-bond donors (Lipinski definition) is 2. The van der Waals surface area contributed by atoms with Crippen molar-refractivity contribution in [2.75, 3.05) is 5.73 Å². The zero-order valence-electron chi connectivity index (χ0n) is 11.5. The van der Waals surface area contributed by atoms with Gasteiger partial charge >= 0.3 is 0 Å². The van der Waals surface area contributed by atoms with E-state index in [1.165, 1.54) is 12.8 Å². The van der Waals surface area contributed by atoms with Crippen LogP contribution in [0.1, 0.15) is 49.9 Å². The minimum atomic E-state index is -0.0623. The second kappa shape index (κ2) is 5.53. The van der Waals surface area contributed by atoms with Crippen LogP contribution < -0.4 is 11.1 Å². The monoisotopic (exact) mass is 324 g/mol. The number of carbonyl (C=O) groups is 1. The Morgan fingerprint density at radius 2 is 2.21 bits per heavy atom. The molecule has 1 unspecified atom stereocenters. The van der Waals surface area contributed by atoms with Gasteiger partial charge in [-0.25, -0.2) is 0 Å². The highest BCUT2D eigenvalue weighted by Gasteiger charge is 2.29. The van der Waals surface area contributed by atoms with Gasteiger partial charge in [0.2, 0.25) is 0 Å². The van der Waals surface area contributed by atoms with E-state index in [0.29, 0.717) is 16.7 Å². The molecular weight excluding hydrogens is 304 g/mol. The van der Waals surface area contributed by atoms with Gasteiger partial charge in [0, 0.05) is 16.2 Å². The van der Waals surface area contributed by atoms with E-state index in [1.807, 2.05) is 6.07 Å². The number of hydrogen-bond acceptors (Lipinski definition) is 2. The molecule has 0 aliphatic heterocycles. The van der Waals surface area contributed by atoms with Gasteiger partial charge in [0.1, 0.15) is 0 Å². The standard InChI is InChI=1S/C15H21BrN2O/c1-15(2)7-3-4-11(9-15)18-14(19)12-6-5-10(16)8-13(12)17/h5-6,8,11H,3-4,7,9,17H2,1-2H3,(H,18,19). The summed E-state index contributed by atoms with van der Waals surface area (Å²) < 4.78 is 0.889. The van der Waals surface area contributed by atoms with Gasteiger partial charge in [-0.2, -0.15) is 0 Å². The lowest BCUT2D eigenvalue weighted by molar-refractivity contribution is 0.0903. The summed E-state index contributed by atoms with van der Waals surface area (Å²) in [6.07, 6.45) is 4.51. The van der Waals surface area contributed by atoms with E-state index < -0.39 is 0 Å². The summed E-state index contributed by atoms with van der Waals surface area (Å²) in [4.78, 5) is 12.2. The molecule has 0 saturated heterocycles. The number of anilines is 1. The fraction of sp³-hybridized carbons (Fsp3) is 0.533. The Morgan fingerprint density at radius 3 is 2.84 bits per heavy atom. The quantitative estimate of drug-likeness (QED) is 0.814. The molecule has 0 aromatic heterocycles. The highest BCUT2D eigenvalue weighted by atomic mass is 79.9. The Balaban J connectivity index is 2.04. The number of benzene rings is 1. The first-order valence-electron chi connectivity index (χ1n) is 6.73. The molecule has 1 saturated carbocycles. The molecule has 4 heteroatoms. The minimum absolute atomic E-state index is 0.0623. The van der Waals surface area contributed by atoms with E-state index in [1.54, 1.807) is 12.1 Å². The Bertz CT molecular complexity index is 485. The number of halogens is 1. The molecule has 1 atom stereocenters. The van der Waals surface area contributed by atoms with Gasteiger partial charge in [-0.15, -0.1) is 0 Å². The zero-order chi connectivity index (χ0) is 14.0.